The molecule has 5 nitrogen and oxygen atoms in total. The van der Waals surface area contributed by atoms with Gasteiger partial charge in [-0.1, -0.05) is 41.4 Å². The van der Waals surface area contributed by atoms with Crippen LogP contribution < -0.4 is 10.5 Å². The quantitative estimate of drug-likeness (QED) is 0.430. The zero-order chi connectivity index (χ0) is 21.0. The number of aryl methyl sites for hydroxylation is 2. The molecule has 2 N–H and O–H groups in total. The Morgan fingerprint density at radius 1 is 1.07 bits per heavy atom. The first-order valence-corrected chi connectivity index (χ1v) is 9.88. The molecule has 0 unspecified atom stereocenters. The Morgan fingerprint density at radius 2 is 1.90 bits per heavy atom. The summed E-state index contributed by atoms with van der Waals surface area (Å²) in [6.45, 7) is 4.05. The van der Waals surface area contributed by atoms with Gasteiger partial charge in [0.15, 0.2) is 5.75 Å². The number of nitriles is 1. The largest absolute Gasteiger partial charge is 0.438 e. The second-order valence-corrected chi connectivity index (χ2v) is 7.86. The SMILES string of the molecule is Cc1cc(C)c2nc(Cl)c([C@@H]3C(C#N)=C(N)Oc4c3ccc3cccnc43)cc2c1. The maximum absolute atomic E-state index is 9.88. The lowest BCUT2D eigenvalue weighted by molar-refractivity contribution is 0.397. The predicted octanol–water partition coefficient (Wildman–Crippen LogP) is 5.27. The van der Waals surface area contributed by atoms with Crippen molar-refractivity contribution in [2.75, 3.05) is 0 Å². The normalized spacial score (nSPS) is 15.7. The summed E-state index contributed by atoms with van der Waals surface area (Å²) in [4.78, 5) is 9.13. The number of nitrogens with two attached hydrogens (primary N) is 1. The number of halogens is 1. The van der Waals surface area contributed by atoms with Crippen LogP contribution in [-0.4, -0.2) is 9.97 Å². The van der Waals surface area contributed by atoms with Crippen LogP contribution in [0.3, 0.4) is 0 Å². The molecule has 4 aromatic rings. The molecule has 0 fully saturated rings. The molecule has 0 amide bonds. The summed E-state index contributed by atoms with van der Waals surface area (Å²) in [5.41, 5.74) is 11.7. The van der Waals surface area contributed by atoms with Crippen LogP contribution in [0.4, 0.5) is 0 Å². The zero-order valence-electron chi connectivity index (χ0n) is 16.4. The van der Waals surface area contributed by atoms with E-state index >= 15 is 0 Å². The van der Waals surface area contributed by atoms with Gasteiger partial charge in [-0.15, -0.1) is 0 Å². The lowest BCUT2D eigenvalue weighted by atomic mass is 9.83. The highest BCUT2D eigenvalue weighted by atomic mass is 35.5. The minimum Gasteiger partial charge on any atom is -0.438 e. The number of allylic oxidation sites excluding steroid dienone is 1. The highest BCUT2D eigenvalue weighted by Crippen LogP contribution is 2.46. The molecule has 0 bridgehead atoms. The zero-order valence-corrected chi connectivity index (χ0v) is 17.2. The smallest absolute Gasteiger partial charge is 0.205 e. The molecular weight excluding hydrogens is 396 g/mol. The average Bonchev–Trinajstić information content (AvgIpc) is 2.73. The van der Waals surface area contributed by atoms with Crippen molar-refractivity contribution in [1.29, 1.82) is 5.26 Å². The molecule has 146 valence electrons. The maximum atomic E-state index is 9.88. The van der Waals surface area contributed by atoms with Gasteiger partial charge in [-0.2, -0.15) is 5.26 Å². The summed E-state index contributed by atoms with van der Waals surface area (Å²) in [5.74, 6) is 0.117. The van der Waals surface area contributed by atoms with Gasteiger partial charge in [0.05, 0.1) is 11.4 Å². The Kier molecular flexibility index (Phi) is 4.12. The van der Waals surface area contributed by atoms with Gasteiger partial charge in [0, 0.05) is 28.1 Å². The molecule has 6 heteroatoms. The Hall–Kier alpha value is -3.62. The van der Waals surface area contributed by atoms with E-state index in [4.69, 9.17) is 22.1 Å². The fourth-order valence-electron chi connectivity index (χ4n) is 4.22. The lowest BCUT2D eigenvalue weighted by Gasteiger charge is -2.27. The molecule has 2 aromatic heterocycles. The molecule has 1 aliphatic rings. The molecule has 1 atom stereocenters. The van der Waals surface area contributed by atoms with Crippen molar-refractivity contribution in [1.82, 2.24) is 9.97 Å². The summed E-state index contributed by atoms with van der Waals surface area (Å²) < 4.78 is 5.87. The monoisotopic (exact) mass is 412 g/mol. The molecule has 1 aliphatic heterocycles. The van der Waals surface area contributed by atoms with E-state index in [1.165, 1.54) is 0 Å². The molecule has 0 radical (unpaired) electrons. The molecule has 2 aromatic carbocycles. The Balaban J connectivity index is 1.83. The van der Waals surface area contributed by atoms with Gasteiger partial charge in [-0.25, -0.2) is 4.98 Å². The summed E-state index contributed by atoms with van der Waals surface area (Å²) in [5, 5.41) is 12.1. The highest BCUT2D eigenvalue weighted by molar-refractivity contribution is 6.30. The second-order valence-electron chi connectivity index (χ2n) is 7.51. The van der Waals surface area contributed by atoms with Crippen molar-refractivity contribution in [3.05, 3.63) is 87.5 Å². The number of fused-ring (bicyclic) bond motifs is 4. The van der Waals surface area contributed by atoms with Gasteiger partial charge in [0.25, 0.3) is 0 Å². The minimum atomic E-state index is -0.490. The number of hydrogen-bond acceptors (Lipinski definition) is 5. The number of nitrogens with zero attached hydrogens (tertiary/aromatic N) is 3. The van der Waals surface area contributed by atoms with E-state index in [1.54, 1.807) is 6.20 Å². The fraction of sp³-hybridized carbons (Fsp3) is 0.125. The minimum absolute atomic E-state index is 0.0599. The van der Waals surface area contributed by atoms with Gasteiger partial charge in [0.1, 0.15) is 22.3 Å². The molecule has 5 rings (SSSR count). The van der Waals surface area contributed by atoms with Crippen LogP contribution in [0.2, 0.25) is 5.15 Å². The van der Waals surface area contributed by atoms with Gasteiger partial charge >= 0.3 is 0 Å². The molecular formula is C24H17ClN4O. The third-order valence-electron chi connectivity index (χ3n) is 5.50. The number of aromatic nitrogens is 2. The molecule has 0 spiro atoms. The summed E-state index contributed by atoms with van der Waals surface area (Å²) in [7, 11) is 0. The van der Waals surface area contributed by atoms with Crippen LogP contribution in [-0.2, 0) is 0 Å². The molecule has 3 heterocycles. The lowest BCUT2D eigenvalue weighted by Crippen LogP contribution is -2.21. The van der Waals surface area contributed by atoms with Crippen LogP contribution in [0.25, 0.3) is 21.8 Å². The molecule has 0 aliphatic carbocycles. The van der Waals surface area contributed by atoms with Crippen molar-refractivity contribution in [3.63, 3.8) is 0 Å². The fourth-order valence-corrected chi connectivity index (χ4v) is 4.47. The third kappa shape index (κ3) is 2.69. The van der Waals surface area contributed by atoms with E-state index in [0.29, 0.717) is 27.6 Å². The first kappa shape index (κ1) is 18.4. The number of rotatable bonds is 1. The van der Waals surface area contributed by atoms with Crippen molar-refractivity contribution in [2.24, 2.45) is 5.73 Å². The van der Waals surface area contributed by atoms with Crippen molar-refractivity contribution in [3.8, 4) is 11.8 Å². The number of ether oxygens (including phenoxy) is 1. The van der Waals surface area contributed by atoms with Gasteiger partial charge in [-0.3, -0.25) is 4.98 Å². The number of hydrogen-bond donors (Lipinski definition) is 1. The molecule has 0 saturated heterocycles. The van der Waals surface area contributed by atoms with Crippen LogP contribution >= 0.6 is 11.6 Å². The van der Waals surface area contributed by atoms with E-state index in [9.17, 15) is 5.26 Å². The van der Waals surface area contributed by atoms with Gasteiger partial charge in [0.2, 0.25) is 5.88 Å². The van der Waals surface area contributed by atoms with Crippen LogP contribution in [0.15, 0.2) is 60.1 Å². The third-order valence-corrected chi connectivity index (χ3v) is 5.80. The van der Waals surface area contributed by atoms with E-state index in [2.05, 4.69) is 28.2 Å². The molecule has 0 saturated carbocycles. The predicted molar refractivity (Wildman–Crippen MR) is 117 cm³/mol. The van der Waals surface area contributed by atoms with Crippen molar-refractivity contribution >= 4 is 33.4 Å². The standard InChI is InChI=1S/C24H17ClN4O/c1-12-8-13(2)20-15(9-12)10-17(23(25)29-20)19-16-6-5-14-4-3-7-28-21(14)22(16)30-24(27)18(19)11-26/h3-10,19H,27H2,1-2H3/t19-/m1/s1. The number of benzene rings is 2. The Labute approximate surface area is 178 Å². The number of pyridine rings is 2. The van der Waals surface area contributed by atoms with Crippen LogP contribution in [0.1, 0.15) is 28.2 Å². The van der Waals surface area contributed by atoms with Crippen LogP contribution in [0, 0.1) is 25.2 Å². The van der Waals surface area contributed by atoms with Crippen LogP contribution in [0.5, 0.6) is 5.75 Å². The highest BCUT2D eigenvalue weighted by Gasteiger charge is 2.34. The van der Waals surface area contributed by atoms with E-state index in [1.807, 2.05) is 44.2 Å². The average molecular weight is 413 g/mol. The topological polar surface area (TPSA) is 84.8 Å². The van der Waals surface area contributed by atoms with Gasteiger partial charge < -0.3 is 10.5 Å². The van der Waals surface area contributed by atoms with E-state index in [-0.39, 0.29) is 5.88 Å². The van der Waals surface area contributed by atoms with E-state index in [0.717, 1.165) is 33.0 Å². The Bertz CT molecular complexity index is 1440. The Morgan fingerprint density at radius 3 is 2.70 bits per heavy atom. The molecule has 30 heavy (non-hydrogen) atoms. The van der Waals surface area contributed by atoms with Gasteiger partial charge in [-0.05, 0) is 37.6 Å². The summed E-state index contributed by atoms with van der Waals surface area (Å²) in [6.07, 6.45) is 1.71. The van der Waals surface area contributed by atoms with Crippen molar-refractivity contribution in [2.45, 2.75) is 19.8 Å². The summed E-state index contributed by atoms with van der Waals surface area (Å²) >= 11 is 6.66. The second kappa shape index (κ2) is 6.72. The maximum Gasteiger partial charge on any atom is 0.205 e. The summed E-state index contributed by atoms with van der Waals surface area (Å²) in [6, 6.07) is 16.1. The van der Waals surface area contributed by atoms with E-state index < -0.39 is 5.92 Å². The first-order valence-electron chi connectivity index (χ1n) is 9.50. The first-order chi connectivity index (χ1) is 14.5. The van der Waals surface area contributed by atoms with Crippen molar-refractivity contribution < 1.29 is 4.74 Å².